The summed E-state index contributed by atoms with van der Waals surface area (Å²) in [5.74, 6) is -0.0338. The quantitative estimate of drug-likeness (QED) is 0.868. The number of hydrogen-bond donors (Lipinski definition) is 2. The van der Waals surface area contributed by atoms with Crippen LogP contribution in [0.4, 0.5) is 29.5 Å². The van der Waals surface area contributed by atoms with Gasteiger partial charge < -0.3 is 9.84 Å². The highest BCUT2D eigenvalue weighted by Crippen LogP contribution is 2.29. The molecule has 0 saturated heterocycles. The second kappa shape index (κ2) is 4.92. The van der Waals surface area contributed by atoms with E-state index in [2.05, 4.69) is 30.5 Å². The molecule has 0 aromatic carbocycles. The van der Waals surface area contributed by atoms with Crippen LogP contribution in [0.5, 0.6) is 0 Å². The molecular weight excluding hydrogens is 267 g/mol. The van der Waals surface area contributed by atoms with E-state index in [1.54, 1.807) is 0 Å². The molecule has 10 heteroatoms. The van der Waals surface area contributed by atoms with E-state index >= 15 is 0 Å². The normalized spacial score (nSPS) is 11.1. The number of nitrogens with zero attached hydrogens (tertiary/aromatic N) is 2. The zero-order chi connectivity index (χ0) is 13.9. The smallest absolute Gasteiger partial charge is 0.319 e. The average molecular weight is 274 g/mol. The predicted octanol–water partition coefficient (Wildman–Crippen LogP) is 1.55. The lowest BCUT2D eigenvalue weighted by Gasteiger charge is -2.06. The first-order valence-electron chi connectivity index (χ1n) is 4.89. The number of alkyl halides is 3. The van der Waals surface area contributed by atoms with Crippen molar-refractivity contribution in [2.24, 2.45) is 0 Å². The summed E-state index contributed by atoms with van der Waals surface area (Å²) in [4.78, 5) is 13.7. The summed E-state index contributed by atoms with van der Waals surface area (Å²) in [7, 11) is 0. The van der Waals surface area contributed by atoms with Crippen molar-refractivity contribution in [1.29, 1.82) is 0 Å². The molecule has 2 amide bonds. The van der Waals surface area contributed by atoms with Gasteiger partial charge in [-0.3, -0.25) is 5.32 Å². The van der Waals surface area contributed by atoms with Gasteiger partial charge in [0.25, 0.3) is 5.88 Å². The monoisotopic (exact) mass is 274 g/mol. The van der Waals surface area contributed by atoms with Crippen LogP contribution in [0.2, 0.25) is 0 Å². The van der Waals surface area contributed by atoms with Gasteiger partial charge in [0, 0.05) is 5.27 Å². The van der Waals surface area contributed by atoms with Crippen LogP contribution in [-0.4, -0.2) is 16.4 Å². The highest BCUT2D eigenvalue weighted by Gasteiger charge is 2.33. The number of rotatable bonds is 2. The molecule has 2 aromatic rings. The third-order valence-corrected chi connectivity index (χ3v) is 1.97. The number of nitrogens with one attached hydrogen (secondary N) is 3. The first-order valence-corrected chi connectivity index (χ1v) is 4.89. The maximum absolute atomic E-state index is 12.4. The van der Waals surface area contributed by atoms with Crippen molar-refractivity contribution in [2.75, 3.05) is 10.6 Å². The van der Waals surface area contributed by atoms with Gasteiger partial charge in [-0.15, -0.1) is 5.10 Å². The fraction of sp³-hybridized carbons (Fsp3) is 0.111. The van der Waals surface area contributed by atoms with Crippen LogP contribution in [0.25, 0.3) is 0 Å². The van der Waals surface area contributed by atoms with Crippen LogP contribution >= 0.6 is 0 Å². The van der Waals surface area contributed by atoms with Crippen molar-refractivity contribution in [3.05, 3.63) is 30.2 Å². The number of anilines is 2. The summed E-state index contributed by atoms with van der Waals surface area (Å²) in [6.45, 7) is 0. The lowest BCUT2D eigenvalue weighted by atomic mass is 10.2. The zero-order valence-electron chi connectivity index (χ0n) is 9.15. The van der Waals surface area contributed by atoms with E-state index in [4.69, 9.17) is 0 Å². The standard InChI is InChI=1S/C9H6F3N5O2/c10-9(11,12)5-1-6(3-13-2-5)15-8(18)16-7-4-14-17-19-7/h1-4H,(H2,15,16,18)/p+1. The number of carbonyl (C=O) groups is 1. The van der Waals surface area contributed by atoms with Gasteiger partial charge in [0.1, 0.15) is 17.4 Å². The summed E-state index contributed by atoms with van der Waals surface area (Å²) >= 11 is 0. The topological polar surface area (TPSA) is 94.2 Å². The number of halogens is 3. The minimum Gasteiger partial charge on any atom is -0.319 e. The number of aromatic nitrogens is 3. The van der Waals surface area contributed by atoms with Gasteiger partial charge in [0.2, 0.25) is 0 Å². The maximum Gasteiger partial charge on any atom is 0.422 e. The van der Waals surface area contributed by atoms with Gasteiger partial charge in [-0.05, 0) is 6.07 Å². The Kier molecular flexibility index (Phi) is 3.31. The number of aromatic amines is 1. The molecule has 0 aliphatic rings. The van der Waals surface area contributed by atoms with E-state index in [1.165, 1.54) is 6.20 Å². The molecule has 0 spiro atoms. The molecule has 0 atom stereocenters. The van der Waals surface area contributed by atoms with Crippen LogP contribution in [0.1, 0.15) is 5.56 Å². The zero-order valence-corrected chi connectivity index (χ0v) is 9.15. The Morgan fingerprint density at radius 3 is 2.74 bits per heavy atom. The molecule has 0 bridgehead atoms. The van der Waals surface area contributed by atoms with Crippen LogP contribution < -0.4 is 15.6 Å². The van der Waals surface area contributed by atoms with Gasteiger partial charge >= 0.3 is 12.2 Å². The van der Waals surface area contributed by atoms with Crippen LogP contribution in [-0.2, 0) is 6.18 Å². The maximum atomic E-state index is 12.4. The molecule has 100 valence electrons. The largest absolute Gasteiger partial charge is 0.422 e. The third kappa shape index (κ3) is 3.40. The van der Waals surface area contributed by atoms with E-state index in [0.29, 0.717) is 0 Å². The Labute approximate surface area is 103 Å². The number of carbonyl (C=O) groups excluding carboxylic acids is 1. The van der Waals surface area contributed by atoms with Gasteiger partial charge in [0.15, 0.2) is 12.4 Å². The summed E-state index contributed by atoms with van der Waals surface area (Å²) in [5.41, 5.74) is -0.966. The van der Waals surface area contributed by atoms with E-state index in [9.17, 15) is 18.0 Å². The second-order valence-corrected chi connectivity index (χ2v) is 3.37. The van der Waals surface area contributed by atoms with Crippen molar-refractivity contribution in [2.45, 2.75) is 6.18 Å². The predicted molar refractivity (Wildman–Crippen MR) is 54.9 cm³/mol. The van der Waals surface area contributed by atoms with E-state index in [1.807, 2.05) is 0 Å². The molecule has 0 aliphatic heterocycles. The molecule has 7 nitrogen and oxygen atoms in total. The molecule has 3 N–H and O–H groups in total. The molecule has 19 heavy (non-hydrogen) atoms. The third-order valence-electron chi connectivity index (χ3n) is 1.97. The SMILES string of the molecule is O=C(Nc1c[nH+]cc(C(F)(F)F)c1)Nc1cnno1. The first kappa shape index (κ1) is 12.8. The summed E-state index contributed by atoms with van der Waals surface area (Å²) in [6.07, 6.45) is -1.38. The second-order valence-electron chi connectivity index (χ2n) is 3.37. The molecule has 0 unspecified atom stereocenters. The van der Waals surface area contributed by atoms with E-state index in [0.717, 1.165) is 18.5 Å². The molecule has 2 aromatic heterocycles. The Balaban J connectivity index is 2.05. The Bertz CT molecular complexity index is 569. The molecule has 0 aliphatic carbocycles. The number of urea groups is 1. The Morgan fingerprint density at radius 1 is 1.32 bits per heavy atom. The van der Waals surface area contributed by atoms with Gasteiger partial charge in [0.05, 0.1) is 0 Å². The average Bonchev–Trinajstić information content (AvgIpc) is 2.80. The van der Waals surface area contributed by atoms with E-state index in [-0.39, 0.29) is 11.6 Å². The fourth-order valence-electron chi connectivity index (χ4n) is 1.20. The van der Waals surface area contributed by atoms with Crippen molar-refractivity contribution in [1.82, 2.24) is 10.4 Å². The number of hydrogen-bond acceptors (Lipinski definition) is 4. The van der Waals surface area contributed by atoms with Crippen molar-refractivity contribution < 1.29 is 27.5 Å². The van der Waals surface area contributed by atoms with Crippen molar-refractivity contribution >= 4 is 17.6 Å². The van der Waals surface area contributed by atoms with Crippen LogP contribution in [0.15, 0.2) is 29.2 Å². The fourth-order valence-corrected chi connectivity index (χ4v) is 1.20. The lowest BCUT2D eigenvalue weighted by Crippen LogP contribution is -2.21. The number of pyridine rings is 1. The molecule has 0 radical (unpaired) electrons. The molecule has 2 rings (SSSR count). The number of H-pyrrole nitrogens is 1. The molecular formula is C9H7F3N5O2+. The Hall–Kier alpha value is -2.65. The van der Waals surface area contributed by atoms with Gasteiger partial charge in [-0.25, -0.2) is 9.78 Å². The molecule has 0 saturated carbocycles. The van der Waals surface area contributed by atoms with Crippen molar-refractivity contribution in [3.8, 4) is 0 Å². The summed E-state index contributed by atoms with van der Waals surface area (Å²) < 4.78 is 41.8. The van der Waals surface area contributed by atoms with Crippen molar-refractivity contribution in [3.63, 3.8) is 0 Å². The van der Waals surface area contributed by atoms with E-state index < -0.39 is 17.8 Å². The van der Waals surface area contributed by atoms with Gasteiger partial charge in [-0.2, -0.15) is 13.2 Å². The van der Waals surface area contributed by atoms with Crippen LogP contribution in [0, 0.1) is 0 Å². The minimum absolute atomic E-state index is 0.0338. The summed E-state index contributed by atoms with van der Waals surface area (Å²) in [6, 6.07) is 0.000568. The highest BCUT2D eigenvalue weighted by molar-refractivity contribution is 5.98. The Morgan fingerprint density at radius 2 is 2.11 bits per heavy atom. The first-order chi connectivity index (χ1) is 8.95. The molecule has 2 heterocycles. The van der Waals surface area contributed by atoms with Gasteiger partial charge in [-0.1, -0.05) is 0 Å². The lowest BCUT2D eigenvalue weighted by molar-refractivity contribution is -0.380. The highest BCUT2D eigenvalue weighted by atomic mass is 19.4. The minimum atomic E-state index is -4.50. The summed E-state index contributed by atoms with van der Waals surface area (Å²) in [5, 5.41) is 10.8. The van der Waals surface area contributed by atoms with Crippen LogP contribution in [0.3, 0.4) is 0 Å². The molecule has 0 fully saturated rings. The number of amides is 2.